The summed E-state index contributed by atoms with van der Waals surface area (Å²) in [7, 11) is -1.19. The number of sulfonamides is 1. The smallest absolute Gasteiger partial charge is 0.211 e. The zero-order valence-electron chi connectivity index (χ0n) is 13.2. The van der Waals surface area contributed by atoms with Gasteiger partial charge in [-0.3, -0.25) is 4.98 Å². The molecule has 0 saturated heterocycles. The van der Waals surface area contributed by atoms with Gasteiger partial charge in [0.15, 0.2) is 0 Å². The van der Waals surface area contributed by atoms with Gasteiger partial charge in [-0.2, -0.15) is 0 Å². The summed E-state index contributed by atoms with van der Waals surface area (Å²) in [5.41, 5.74) is 4.01. The molecule has 120 valence electrons. The summed E-state index contributed by atoms with van der Waals surface area (Å²) in [6.07, 6.45) is 3.48. The molecule has 23 heavy (non-hydrogen) atoms. The monoisotopic (exact) mass is 329 g/mol. The number of nitrogens with zero attached hydrogens (tertiary/aromatic N) is 2. The second-order valence-electron chi connectivity index (χ2n) is 5.45. The number of nitrogens with one attached hydrogen (secondary N) is 1. The van der Waals surface area contributed by atoms with Crippen LogP contribution in [0.4, 0.5) is 0 Å². The summed E-state index contributed by atoms with van der Waals surface area (Å²) in [6, 6.07) is 12.3. The van der Waals surface area contributed by atoms with Gasteiger partial charge in [-0.1, -0.05) is 18.2 Å². The van der Waals surface area contributed by atoms with E-state index >= 15 is 0 Å². The average Bonchev–Trinajstić information content (AvgIpc) is 2.91. The largest absolute Gasteiger partial charge is 0.344 e. The number of rotatable bonds is 5. The Morgan fingerprint density at radius 3 is 2.70 bits per heavy atom. The van der Waals surface area contributed by atoms with Gasteiger partial charge in [-0.25, -0.2) is 13.1 Å². The van der Waals surface area contributed by atoms with Gasteiger partial charge in [-0.15, -0.1) is 0 Å². The number of pyridine rings is 1. The van der Waals surface area contributed by atoms with Crippen molar-refractivity contribution in [3.8, 4) is 11.3 Å². The lowest BCUT2D eigenvalue weighted by Gasteiger charge is -2.08. The van der Waals surface area contributed by atoms with Crippen LogP contribution >= 0.6 is 0 Å². The first-order valence-corrected chi connectivity index (χ1v) is 9.11. The van der Waals surface area contributed by atoms with E-state index in [0.29, 0.717) is 0 Å². The molecule has 0 aliphatic rings. The second kappa shape index (κ2) is 6.14. The van der Waals surface area contributed by atoms with Gasteiger partial charge >= 0.3 is 0 Å². The Balaban J connectivity index is 1.94. The van der Waals surface area contributed by atoms with E-state index in [1.807, 2.05) is 25.2 Å². The van der Waals surface area contributed by atoms with Gasteiger partial charge in [0.05, 0.1) is 11.4 Å². The lowest BCUT2D eigenvalue weighted by atomic mass is 10.1. The number of hydrogen-bond acceptors (Lipinski definition) is 3. The van der Waals surface area contributed by atoms with E-state index < -0.39 is 10.0 Å². The molecule has 3 rings (SSSR count). The van der Waals surface area contributed by atoms with Crippen LogP contribution in [-0.4, -0.2) is 23.7 Å². The van der Waals surface area contributed by atoms with Crippen molar-refractivity contribution >= 4 is 20.9 Å². The maximum Gasteiger partial charge on any atom is 0.211 e. The summed E-state index contributed by atoms with van der Waals surface area (Å²) < 4.78 is 27.8. The fraction of sp³-hybridized carbons (Fsp3) is 0.235. The third-order valence-electron chi connectivity index (χ3n) is 3.92. The van der Waals surface area contributed by atoms with Crippen LogP contribution in [0.15, 0.2) is 48.8 Å². The Morgan fingerprint density at radius 1 is 1.17 bits per heavy atom. The van der Waals surface area contributed by atoms with Gasteiger partial charge in [0.2, 0.25) is 10.0 Å². The van der Waals surface area contributed by atoms with Crippen LogP contribution < -0.4 is 4.72 Å². The van der Waals surface area contributed by atoms with Crippen molar-refractivity contribution in [1.29, 1.82) is 0 Å². The molecule has 2 aromatic heterocycles. The highest BCUT2D eigenvalue weighted by atomic mass is 32.2. The minimum absolute atomic E-state index is 0.0727. The van der Waals surface area contributed by atoms with Gasteiger partial charge in [0, 0.05) is 42.5 Å². The third-order valence-corrected chi connectivity index (χ3v) is 5.26. The Hall–Kier alpha value is -2.18. The predicted molar refractivity (Wildman–Crippen MR) is 92.5 cm³/mol. The standard InChI is InChI=1S/C17H19N3O2S/c1-3-23(21,22)19-11-13-8-15(12-18-10-13)17-9-14-6-4-5-7-16(14)20(17)2/h4-10,12,19H,3,11H2,1-2H3. The van der Waals surface area contributed by atoms with Crippen LogP contribution in [0, 0.1) is 0 Å². The number of para-hydroxylation sites is 1. The van der Waals surface area contributed by atoms with Crippen LogP contribution in [0.3, 0.4) is 0 Å². The summed E-state index contributed by atoms with van der Waals surface area (Å²) in [4.78, 5) is 4.25. The van der Waals surface area contributed by atoms with Gasteiger partial charge in [-0.05, 0) is 30.7 Å². The minimum atomic E-state index is -3.21. The van der Waals surface area contributed by atoms with Crippen LogP contribution in [0.1, 0.15) is 12.5 Å². The molecular formula is C17H19N3O2S. The molecule has 0 bridgehead atoms. The molecule has 0 fully saturated rings. The lowest BCUT2D eigenvalue weighted by Crippen LogP contribution is -2.24. The van der Waals surface area contributed by atoms with Crippen molar-refractivity contribution in [3.05, 3.63) is 54.4 Å². The molecule has 0 atom stereocenters. The zero-order chi connectivity index (χ0) is 16.4. The quantitative estimate of drug-likeness (QED) is 0.783. The van der Waals surface area contributed by atoms with E-state index in [0.717, 1.165) is 22.3 Å². The van der Waals surface area contributed by atoms with Crippen LogP contribution in [-0.2, 0) is 23.6 Å². The molecule has 0 unspecified atom stereocenters. The molecule has 5 nitrogen and oxygen atoms in total. The van der Waals surface area contributed by atoms with Crippen LogP contribution in [0.2, 0.25) is 0 Å². The first kappa shape index (κ1) is 15.7. The van der Waals surface area contributed by atoms with Gasteiger partial charge < -0.3 is 4.57 Å². The summed E-state index contributed by atoms with van der Waals surface area (Å²) >= 11 is 0. The highest BCUT2D eigenvalue weighted by Crippen LogP contribution is 2.27. The van der Waals surface area contributed by atoms with E-state index in [4.69, 9.17) is 0 Å². The van der Waals surface area contributed by atoms with E-state index in [-0.39, 0.29) is 12.3 Å². The second-order valence-corrected chi connectivity index (χ2v) is 7.55. The molecule has 1 aromatic carbocycles. The summed E-state index contributed by atoms with van der Waals surface area (Å²) in [5.74, 6) is 0.0727. The molecule has 0 saturated carbocycles. The maximum atomic E-state index is 11.6. The molecule has 0 amide bonds. The lowest BCUT2D eigenvalue weighted by molar-refractivity contribution is 0.582. The van der Waals surface area contributed by atoms with E-state index in [2.05, 4.69) is 32.5 Å². The Bertz CT molecular complexity index is 945. The van der Waals surface area contributed by atoms with E-state index in [1.54, 1.807) is 19.3 Å². The molecule has 2 heterocycles. The van der Waals surface area contributed by atoms with Crippen molar-refractivity contribution in [2.24, 2.45) is 7.05 Å². The molecule has 3 aromatic rings. The molecule has 0 spiro atoms. The molecule has 0 radical (unpaired) electrons. The number of aromatic nitrogens is 2. The molecular weight excluding hydrogens is 310 g/mol. The molecule has 0 aliphatic heterocycles. The third kappa shape index (κ3) is 3.28. The fourth-order valence-corrected chi connectivity index (χ4v) is 3.18. The van der Waals surface area contributed by atoms with Crippen molar-refractivity contribution in [1.82, 2.24) is 14.3 Å². The molecule has 6 heteroatoms. The number of hydrogen-bond donors (Lipinski definition) is 1. The number of benzene rings is 1. The highest BCUT2D eigenvalue weighted by Gasteiger charge is 2.10. The number of aryl methyl sites for hydroxylation is 1. The average molecular weight is 329 g/mol. The molecule has 0 aliphatic carbocycles. The summed E-state index contributed by atoms with van der Waals surface area (Å²) in [5, 5.41) is 1.17. The Labute approximate surface area is 136 Å². The van der Waals surface area contributed by atoms with E-state index in [1.165, 1.54) is 5.39 Å². The Kier molecular flexibility index (Phi) is 4.19. The number of fused-ring (bicyclic) bond motifs is 1. The predicted octanol–water partition coefficient (Wildman–Crippen LogP) is 2.68. The topological polar surface area (TPSA) is 64.0 Å². The summed E-state index contributed by atoms with van der Waals surface area (Å²) in [6.45, 7) is 1.87. The highest BCUT2D eigenvalue weighted by molar-refractivity contribution is 7.89. The van der Waals surface area contributed by atoms with Gasteiger partial charge in [0.25, 0.3) is 0 Å². The SMILES string of the molecule is CCS(=O)(=O)NCc1cncc(-c2cc3ccccc3n2C)c1. The first-order valence-electron chi connectivity index (χ1n) is 7.46. The first-order chi connectivity index (χ1) is 11.0. The molecule has 1 N–H and O–H groups in total. The van der Waals surface area contributed by atoms with Crippen LogP contribution in [0.5, 0.6) is 0 Å². The van der Waals surface area contributed by atoms with Crippen molar-refractivity contribution < 1.29 is 8.42 Å². The van der Waals surface area contributed by atoms with Crippen molar-refractivity contribution in [2.75, 3.05) is 5.75 Å². The Morgan fingerprint density at radius 2 is 1.96 bits per heavy atom. The van der Waals surface area contributed by atoms with Gasteiger partial charge in [0.1, 0.15) is 0 Å². The van der Waals surface area contributed by atoms with E-state index in [9.17, 15) is 8.42 Å². The van der Waals surface area contributed by atoms with Crippen molar-refractivity contribution in [2.45, 2.75) is 13.5 Å². The normalized spacial score (nSPS) is 11.9. The fourth-order valence-electron chi connectivity index (χ4n) is 2.59. The van der Waals surface area contributed by atoms with Crippen molar-refractivity contribution in [3.63, 3.8) is 0 Å². The minimum Gasteiger partial charge on any atom is -0.344 e. The maximum absolute atomic E-state index is 11.6. The zero-order valence-corrected chi connectivity index (χ0v) is 14.0. The van der Waals surface area contributed by atoms with Crippen LogP contribution in [0.25, 0.3) is 22.2 Å².